The van der Waals surface area contributed by atoms with Gasteiger partial charge in [-0.25, -0.2) is 9.07 Å². The Morgan fingerprint density at radius 1 is 1.19 bits per heavy atom. The number of fused-ring (bicyclic) bond motifs is 1. The molecule has 3 rings (SSSR count). The fraction of sp³-hybridized carbons (Fsp3) is 0.211. The third-order valence-electron chi connectivity index (χ3n) is 3.95. The van der Waals surface area contributed by atoms with Gasteiger partial charge >= 0.3 is 0 Å². The Morgan fingerprint density at radius 2 is 1.96 bits per heavy atom. The minimum Gasteiger partial charge on any atom is -0.383 e. The number of aromatic nitrogens is 2. The lowest BCUT2D eigenvalue weighted by atomic mass is 10.1. The largest absolute Gasteiger partial charge is 0.383 e. The molecule has 0 aliphatic carbocycles. The monoisotopic (exact) mass is 355 g/mol. The first-order valence-electron chi connectivity index (χ1n) is 8.11. The molecule has 0 radical (unpaired) electrons. The maximum atomic E-state index is 13.3. The number of methoxy groups -OCH3 is 1. The van der Waals surface area contributed by atoms with Gasteiger partial charge in [-0.3, -0.25) is 9.59 Å². The van der Waals surface area contributed by atoms with Gasteiger partial charge in [0.2, 0.25) is 0 Å². The molecule has 0 saturated heterocycles. The van der Waals surface area contributed by atoms with Crippen LogP contribution in [0.3, 0.4) is 0 Å². The van der Waals surface area contributed by atoms with Crippen LogP contribution < -0.4 is 10.9 Å². The molecule has 1 N–H and O–H groups in total. The molecule has 1 amide bonds. The summed E-state index contributed by atoms with van der Waals surface area (Å²) in [6.07, 6.45) is 0. The van der Waals surface area contributed by atoms with E-state index < -0.39 is 11.7 Å². The molecular weight excluding hydrogens is 337 g/mol. The summed E-state index contributed by atoms with van der Waals surface area (Å²) >= 11 is 0. The zero-order valence-corrected chi connectivity index (χ0v) is 14.2. The molecular formula is C19H18FN3O3. The fourth-order valence-corrected chi connectivity index (χ4v) is 2.66. The van der Waals surface area contributed by atoms with Crippen LogP contribution in [0.25, 0.3) is 10.8 Å². The van der Waals surface area contributed by atoms with Crippen molar-refractivity contribution in [3.63, 3.8) is 0 Å². The Morgan fingerprint density at radius 3 is 2.69 bits per heavy atom. The van der Waals surface area contributed by atoms with E-state index >= 15 is 0 Å². The number of nitrogens with zero attached hydrogens (tertiary/aromatic N) is 2. The summed E-state index contributed by atoms with van der Waals surface area (Å²) in [5, 5.41) is 8.27. The number of hydrogen-bond acceptors (Lipinski definition) is 4. The van der Waals surface area contributed by atoms with Gasteiger partial charge in [-0.05, 0) is 24.3 Å². The predicted octanol–water partition coefficient (Wildman–Crippen LogP) is 2.11. The molecule has 0 atom stereocenters. The third kappa shape index (κ3) is 3.78. The number of carbonyl (C=O) groups excluding carboxylic acids is 1. The molecule has 0 bridgehead atoms. The van der Waals surface area contributed by atoms with E-state index in [4.69, 9.17) is 4.74 Å². The Hall–Kier alpha value is -3.06. The van der Waals surface area contributed by atoms with Gasteiger partial charge in [0.1, 0.15) is 5.82 Å². The van der Waals surface area contributed by atoms with Gasteiger partial charge in [0.15, 0.2) is 0 Å². The van der Waals surface area contributed by atoms with E-state index in [9.17, 15) is 14.0 Å². The number of hydrogen-bond donors (Lipinski definition) is 1. The first kappa shape index (κ1) is 17.8. The number of benzene rings is 2. The summed E-state index contributed by atoms with van der Waals surface area (Å²) < 4.78 is 19.6. The minimum absolute atomic E-state index is 0.114. The summed E-state index contributed by atoms with van der Waals surface area (Å²) in [4.78, 5) is 24.7. The lowest BCUT2D eigenvalue weighted by Crippen LogP contribution is -2.29. The summed E-state index contributed by atoms with van der Waals surface area (Å²) in [6, 6.07) is 12.5. The van der Waals surface area contributed by atoms with Crippen molar-refractivity contribution in [3.8, 4) is 0 Å². The van der Waals surface area contributed by atoms with Crippen molar-refractivity contribution in [1.29, 1.82) is 0 Å². The third-order valence-corrected chi connectivity index (χ3v) is 3.95. The van der Waals surface area contributed by atoms with Crippen molar-refractivity contribution >= 4 is 16.7 Å². The summed E-state index contributed by atoms with van der Waals surface area (Å²) in [6.45, 7) is 0.772. The van der Waals surface area contributed by atoms with Gasteiger partial charge in [0, 0.05) is 18.1 Å². The van der Waals surface area contributed by atoms with Crippen molar-refractivity contribution in [2.24, 2.45) is 0 Å². The molecule has 134 valence electrons. The van der Waals surface area contributed by atoms with Crippen LogP contribution in [0.5, 0.6) is 0 Å². The highest BCUT2D eigenvalue weighted by molar-refractivity contribution is 5.94. The molecule has 3 aromatic rings. The Balaban J connectivity index is 1.90. The van der Waals surface area contributed by atoms with E-state index in [1.807, 2.05) is 0 Å². The first-order valence-corrected chi connectivity index (χ1v) is 8.11. The average Bonchev–Trinajstić information content (AvgIpc) is 2.66. The second-order valence-electron chi connectivity index (χ2n) is 5.71. The van der Waals surface area contributed by atoms with Crippen molar-refractivity contribution in [2.45, 2.75) is 13.1 Å². The molecule has 26 heavy (non-hydrogen) atoms. The SMILES string of the molecule is COCCn1nc(CNC(=O)c2cccc(F)c2)c2ccccc2c1=O. The van der Waals surface area contributed by atoms with Gasteiger partial charge < -0.3 is 10.1 Å². The van der Waals surface area contributed by atoms with E-state index in [2.05, 4.69) is 10.4 Å². The number of rotatable bonds is 6. The highest BCUT2D eigenvalue weighted by atomic mass is 19.1. The maximum absolute atomic E-state index is 13.3. The van der Waals surface area contributed by atoms with Gasteiger partial charge in [0.05, 0.1) is 30.8 Å². The van der Waals surface area contributed by atoms with E-state index in [1.165, 1.54) is 28.9 Å². The molecule has 1 aromatic heterocycles. The minimum atomic E-state index is -0.477. The molecule has 0 fully saturated rings. The summed E-state index contributed by atoms with van der Waals surface area (Å²) in [5.74, 6) is -0.889. The number of nitrogens with one attached hydrogen (secondary N) is 1. The van der Waals surface area contributed by atoms with Crippen molar-refractivity contribution in [3.05, 3.63) is 76.0 Å². The molecule has 6 nitrogen and oxygen atoms in total. The summed E-state index contributed by atoms with van der Waals surface area (Å²) in [7, 11) is 1.55. The highest BCUT2D eigenvalue weighted by Gasteiger charge is 2.12. The fourth-order valence-electron chi connectivity index (χ4n) is 2.66. The smallest absolute Gasteiger partial charge is 0.274 e. The predicted molar refractivity (Wildman–Crippen MR) is 95.4 cm³/mol. The summed E-state index contributed by atoms with van der Waals surface area (Å²) in [5.41, 5.74) is 0.570. The van der Waals surface area contributed by atoms with Crippen LogP contribution in [0, 0.1) is 5.82 Å². The maximum Gasteiger partial charge on any atom is 0.274 e. The van der Waals surface area contributed by atoms with Crippen LogP contribution in [0.2, 0.25) is 0 Å². The van der Waals surface area contributed by atoms with E-state index in [-0.39, 0.29) is 17.7 Å². The zero-order chi connectivity index (χ0) is 18.5. The number of amides is 1. The Bertz CT molecular complexity index is 1000. The first-order chi connectivity index (χ1) is 12.6. The molecule has 0 saturated carbocycles. The molecule has 0 spiro atoms. The van der Waals surface area contributed by atoms with Gasteiger partial charge in [-0.15, -0.1) is 0 Å². The van der Waals surface area contributed by atoms with Gasteiger partial charge in [-0.1, -0.05) is 24.3 Å². The number of ether oxygens (including phenoxy) is 1. The number of carbonyl (C=O) groups is 1. The zero-order valence-electron chi connectivity index (χ0n) is 14.2. The molecule has 0 aliphatic rings. The highest BCUT2D eigenvalue weighted by Crippen LogP contribution is 2.13. The molecule has 0 aliphatic heterocycles. The van der Waals surface area contributed by atoms with Crippen LogP contribution >= 0.6 is 0 Å². The second kappa shape index (κ2) is 7.88. The average molecular weight is 355 g/mol. The van der Waals surface area contributed by atoms with Crippen LogP contribution in [-0.2, 0) is 17.8 Å². The van der Waals surface area contributed by atoms with Gasteiger partial charge in [-0.2, -0.15) is 5.10 Å². The topological polar surface area (TPSA) is 73.2 Å². The Labute approximate surface area is 149 Å². The molecule has 2 aromatic carbocycles. The van der Waals surface area contributed by atoms with Crippen LogP contribution in [0.4, 0.5) is 4.39 Å². The molecule has 0 unspecified atom stereocenters. The van der Waals surface area contributed by atoms with Gasteiger partial charge in [0.25, 0.3) is 11.5 Å². The lowest BCUT2D eigenvalue weighted by Gasteiger charge is -2.11. The quantitative estimate of drug-likeness (QED) is 0.735. The van der Waals surface area contributed by atoms with Crippen LogP contribution in [0.1, 0.15) is 16.1 Å². The normalized spacial score (nSPS) is 10.8. The second-order valence-corrected chi connectivity index (χ2v) is 5.71. The molecule has 7 heteroatoms. The van der Waals surface area contributed by atoms with Crippen molar-refractivity contribution in [2.75, 3.05) is 13.7 Å². The molecule has 1 heterocycles. The Kier molecular flexibility index (Phi) is 5.38. The van der Waals surface area contributed by atoms with E-state index in [0.717, 1.165) is 0 Å². The standard InChI is InChI=1S/C19H18FN3O3/c1-26-10-9-23-19(25)16-8-3-2-7-15(16)17(22-23)12-21-18(24)13-5-4-6-14(20)11-13/h2-8,11H,9-10,12H2,1H3,(H,21,24). The van der Waals surface area contributed by atoms with Crippen molar-refractivity contribution < 1.29 is 13.9 Å². The van der Waals surface area contributed by atoms with Crippen LogP contribution in [0.15, 0.2) is 53.3 Å². The lowest BCUT2D eigenvalue weighted by molar-refractivity contribution is 0.0950. The number of halogens is 1. The van der Waals surface area contributed by atoms with E-state index in [1.54, 1.807) is 31.4 Å². The van der Waals surface area contributed by atoms with Crippen LogP contribution in [-0.4, -0.2) is 29.4 Å². The van der Waals surface area contributed by atoms with Crippen molar-refractivity contribution in [1.82, 2.24) is 15.1 Å². The van der Waals surface area contributed by atoms with E-state index in [0.29, 0.717) is 29.6 Å².